The summed E-state index contributed by atoms with van der Waals surface area (Å²) < 4.78 is 11.6. The third-order valence-electron chi connectivity index (χ3n) is 6.09. The number of fused-ring (bicyclic) bond motifs is 1. The van der Waals surface area contributed by atoms with Crippen molar-refractivity contribution in [1.29, 1.82) is 0 Å². The SMILES string of the molecule is CCOc1cc2c(cc1OCC)/C(=C(/Nc1ccc(N(C)C(=O)CN(C)C)cc1)c1ccccc1)C(=O)N2. The van der Waals surface area contributed by atoms with Gasteiger partial charge in [-0.25, -0.2) is 0 Å². The van der Waals surface area contributed by atoms with E-state index >= 15 is 0 Å². The fourth-order valence-electron chi connectivity index (χ4n) is 4.28. The van der Waals surface area contributed by atoms with Gasteiger partial charge in [0.25, 0.3) is 5.91 Å². The highest BCUT2D eigenvalue weighted by molar-refractivity contribution is 6.37. The number of carbonyl (C=O) groups excluding carboxylic acids is 2. The van der Waals surface area contributed by atoms with E-state index in [0.29, 0.717) is 48.2 Å². The summed E-state index contributed by atoms with van der Waals surface area (Å²) in [6.45, 7) is 5.10. The predicted molar refractivity (Wildman–Crippen MR) is 153 cm³/mol. The van der Waals surface area contributed by atoms with Crippen molar-refractivity contribution in [1.82, 2.24) is 4.90 Å². The number of likely N-dealkylation sites (N-methyl/N-ethyl adjacent to an activating group) is 2. The number of hydrogen-bond donors (Lipinski definition) is 2. The second-order valence-electron chi connectivity index (χ2n) is 9.14. The zero-order valence-corrected chi connectivity index (χ0v) is 22.5. The monoisotopic (exact) mass is 514 g/mol. The summed E-state index contributed by atoms with van der Waals surface area (Å²) in [6, 6.07) is 21.0. The summed E-state index contributed by atoms with van der Waals surface area (Å²) >= 11 is 0. The second kappa shape index (κ2) is 11.8. The molecule has 198 valence electrons. The Bertz CT molecular complexity index is 1330. The van der Waals surface area contributed by atoms with Crippen LogP contribution in [0.5, 0.6) is 11.5 Å². The minimum absolute atomic E-state index is 0.00133. The van der Waals surface area contributed by atoms with E-state index in [1.807, 2.05) is 99.6 Å². The van der Waals surface area contributed by atoms with Crippen molar-refractivity contribution in [3.63, 3.8) is 0 Å². The first kappa shape index (κ1) is 26.8. The lowest BCUT2D eigenvalue weighted by Gasteiger charge is -2.20. The van der Waals surface area contributed by atoms with Crippen LogP contribution in [0.15, 0.2) is 66.7 Å². The molecule has 0 bridgehead atoms. The van der Waals surface area contributed by atoms with Crippen LogP contribution in [0, 0.1) is 0 Å². The average Bonchev–Trinajstić information content (AvgIpc) is 3.22. The maximum atomic E-state index is 13.3. The number of rotatable bonds is 10. The van der Waals surface area contributed by atoms with Crippen LogP contribution in [0.4, 0.5) is 17.1 Å². The van der Waals surface area contributed by atoms with E-state index in [-0.39, 0.29) is 11.8 Å². The van der Waals surface area contributed by atoms with Crippen molar-refractivity contribution in [3.05, 3.63) is 77.9 Å². The van der Waals surface area contributed by atoms with Crippen LogP contribution < -0.4 is 25.0 Å². The predicted octanol–water partition coefficient (Wildman–Crippen LogP) is 4.94. The van der Waals surface area contributed by atoms with Gasteiger partial charge in [-0.1, -0.05) is 30.3 Å². The molecule has 1 heterocycles. The molecule has 38 heavy (non-hydrogen) atoms. The van der Waals surface area contributed by atoms with Gasteiger partial charge in [0.2, 0.25) is 5.91 Å². The van der Waals surface area contributed by atoms with Gasteiger partial charge in [0.15, 0.2) is 11.5 Å². The molecule has 0 saturated heterocycles. The van der Waals surface area contributed by atoms with Gasteiger partial charge < -0.3 is 29.9 Å². The minimum atomic E-state index is -0.215. The Morgan fingerprint density at radius 1 is 0.895 bits per heavy atom. The number of hydrogen-bond acceptors (Lipinski definition) is 6. The van der Waals surface area contributed by atoms with Crippen molar-refractivity contribution in [2.75, 3.05) is 56.4 Å². The van der Waals surface area contributed by atoms with Crippen molar-refractivity contribution in [2.24, 2.45) is 0 Å². The number of ether oxygens (including phenoxy) is 2. The minimum Gasteiger partial charge on any atom is -0.490 e. The Hall–Kier alpha value is -4.30. The highest BCUT2D eigenvalue weighted by Gasteiger charge is 2.30. The maximum absolute atomic E-state index is 13.3. The van der Waals surface area contributed by atoms with Crippen LogP contribution in [0.2, 0.25) is 0 Å². The first-order valence-electron chi connectivity index (χ1n) is 12.7. The third-order valence-corrected chi connectivity index (χ3v) is 6.09. The van der Waals surface area contributed by atoms with Gasteiger partial charge in [0.05, 0.1) is 36.7 Å². The summed E-state index contributed by atoms with van der Waals surface area (Å²) in [5.74, 6) is 0.961. The molecule has 2 N–H and O–H groups in total. The molecule has 0 aromatic heterocycles. The zero-order valence-electron chi connectivity index (χ0n) is 22.5. The molecule has 3 aromatic carbocycles. The molecular formula is C30H34N4O4. The van der Waals surface area contributed by atoms with Crippen LogP contribution in [-0.4, -0.2) is 57.6 Å². The third kappa shape index (κ3) is 5.81. The van der Waals surface area contributed by atoms with Crippen LogP contribution in [-0.2, 0) is 9.59 Å². The number of amides is 2. The fraction of sp³-hybridized carbons (Fsp3) is 0.267. The molecule has 0 radical (unpaired) electrons. The largest absolute Gasteiger partial charge is 0.490 e. The lowest BCUT2D eigenvalue weighted by atomic mass is 9.99. The molecule has 0 saturated carbocycles. The lowest BCUT2D eigenvalue weighted by Crippen LogP contribution is -2.34. The molecule has 0 fully saturated rings. The second-order valence-corrected chi connectivity index (χ2v) is 9.14. The van der Waals surface area contributed by atoms with Gasteiger partial charge in [-0.2, -0.15) is 0 Å². The van der Waals surface area contributed by atoms with Gasteiger partial charge in [-0.05, 0) is 63.8 Å². The normalized spacial score (nSPS) is 13.6. The van der Waals surface area contributed by atoms with Crippen molar-refractivity contribution in [2.45, 2.75) is 13.8 Å². The Kier molecular flexibility index (Phi) is 8.33. The van der Waals surface area contributed by atoms with E-state index in [1.165, 1.54) is 0 Å². The standard InChI is InChI=1S/C30H34N4O4/c1-6-37-25-17-23-24(18-26(25)38-7-2)32-30(36)28(23)29(20-11-9-8-10-12-20)31-21-13-15-22(16-14-21)34(5)27(35)19-33(3)4/h8-18,31H,6-7,19H2,1-5H3,(H,32,36)/b29-28-. The summed E-state index contributed by atoms with van der Waals surface area (Å²) in [6.07, 6.45) is 0. The van der Waals surface area contributed by atoms with Gasteiger partial charge in [-0.15, -0.1) is 0 Å². The summed E-state index contributed by atoms with van der Waals surface area (Å²) in [5, 5.41) is 6.45. The molecule has 0 atom stereocenters. The Balaban J connectivity index is 1.75. The van der Waals surface area contributed by atoms with E-state index < -0.39 is 0 Å². The van der Waals surface area contributed by atoms with Gasteiger partial charge in [-0.3, -0.25) is 9.59 Å². The van der Waals surface area contributed by atoms with E-state index in [9.17, 15) is 9.59 Å². The Morgan fingerprint density at radius 3 is 2.13 bits per heavy atom. The quantitative estimate of drug-likeness (QED) is 0.373. The van der Waals surface area contributed by atoms with Gasteiger partial charge in [0.1, 0.15) is 0 Å². The fourth-order valence-corrected chi connectivity index (χ4v) is 4.28. The number of nitrogens with zero attached hydrogens (tertiary/aromatic N) is 2. The van der Waals surface area contributed by atoms with E-state index in [0.717, 1.165) is 22.5 Å². The first-order chi connectivity index (χ1) is 18.3. The molecule has 0 aliphatic carbocycles. The van der Waals surface area contributed by atoms with Crippen molar-refractivity contribution < 1.29 is 19.1 Å². The molecule has 1 aliphatic rings. The van der Waals surface area contributed by atoms with E-state index in [2.05, 4.69) is 10.6 Å². The average molecular weight is 515 g/mol. The van der Waals surface area contributed by atoms with E-state index in [4.69, 9.17) is 9.47 Å². The highest BCUT2D eigenvalue weighted by Crippen LogP contribution is 2.43. The number of carbonyl (C=O) groups is 2. The molecule has 8 nitrogen and oxygen atoms in total. The Labute approximate surface area is 223 Å². The smallest absolute Gasteiger partial charge is 0.258 e. The van der Waals surface area contributed by atoms with Crippen molar-refractivity contribution in [3.8, 4) is 11.5 Å². The molecule has 2 amide bonds. The molecule has 0 unspecified atom stereocenters. The number of nitrogens with one attached hydrogen (secondary N) is 2. The molecule has 3 aromatic rings. The molecule has 0 spiro atoms. The summed E-state index contributed by atoms with van der Waals surface area (Å²) in [5.41, 5.74) is 5.01. The van der Waals surface area contributed by atoms with E-state index in [1.54, 1.807) is 11.9 Å². The summed E-state index contributed by atoms with van der Waals surface area (Å²) in [4.78, 5) is 29.3. The Morgan fingerprint density at radius 2 is 1.53 bits per heavy atom. The maximum Gasteiger partial charge on any atom is 0.258 e. The first-order valence-corrected chi connectivity index (χ1v) is 12.7. The van der Waals surface area contributed by atoms with Crippen LogP contribution >= 0.6 is 0 Å². The molecule has 8 heteroatoms. The van der Waals surface area contributed by atoms with Gasteiger partial charge in [0, 0.05) is 30.1 Å². The van der Waals surface area contributed by atoms with Gasteiger partial charge >= 0.3 is 0 Å². The number of anilines is 3. The van der Waals surface area contributed by atoms with Crippen LogP contribution in [0.25, 0.3) is 11.3 Å². The zero-order chi connectivity index (χ0) is 27.2. The molecule has 1 aliphatic heterocycles. The molecule has 4 rings (SSSR count). The van der Waals surface area contributed by atoms with Crippen molar-refractivity contribution >= 4 is 40.1 Å². The lowest BCUT2D eigenvalue weighted by molar-refractivity contribution is -0.119. The van der Waals surface area contributed by atoms with Crippen LogP contribution in [0.1, 0.15) is 25.0 Å². The van der Waals surface area contributed by atoms with Crippen LogP contribution in [0.3, 0.4) is 0 Å². The summed E-state index contributed by atoms with van der Waals surface area (Å²) in [7, 11) is 5.49. The number of benzene rings is 3. The highest BCUT2D eigenvalue weighted by atomic mass is 16.5. The topological polar surface area (TPSA) is 83.1 Å². The molecular weight excluding hydrogens is 480 g/mol.